The zero-order chi connectivity index (χ0) is 12.4. The van der Waals surface area contributed by atoms with E-state index in [0.29, 0.717) is 6.42 Å². The summed E-state index contributed by atoms with van der Waals surface area (Å²) in [5, 5.41) is 0. The van der Waals surface area contributed by atoms with Crippen molar-refractivity contribution in [1.29, 1.82) is 0 Å². The Kier molecular flexibility index (Phi) is 13.7. The van der Waals surface area contributed by atoms with E-state index >= 15 is 0 Å². The van der Waals surface area contributed by atoms with Gasteiger partial charge in [0.1, 0.15) is 0 Å². The Bertz CT molecular complexity index is 277. The van der Waals surface area contributed by atoms with E-state index in [1.54, 1.807) is 0 Å². The van der Waals surface area contributed by atoms with Crippen molar-refractivity contribution in [3.05, 3.63) is 12.7 Å². The van der Waals surface area contributed by atoms with Crippen LogP contribution >= 0.6 is 0 Å². The normalized spacial score (nSPS) is 12.8. The van der Waals surface area contributed by atoms with Gasteiger partial charge in [0, 0.05) is 0 Å². The molecular formula is C11H23NaO4S. The van der Waals surface area contributed by atoms with Crippen molar-refractivity contribution in [3.8, 4) is 0 Å². The molecule has 1 unspecified atom stereocenters. The average Bonchev–Trinajstić information content (AvgIpc) is 2.25. The Hall–Kier alpha value is 0.610. The van der Waals surface area contributed by atoms with Gasteiger partial charge in [0.05, 0.1) is 12.7 Å². The van der Waals surface area contributed by atoms with Gasteiger partial charge < -0.3 is 0 Å². The Morgan fingerprint density at radius 3 is 2.41 bits per heavy atom. The third-order valence-corrected chi connectivity index (χ3v) is 3.10. The van der Waals surface area contributed by atoms with Crippen LogP contribution in [0.3, 0.4) is 0 Å². The monoisotopic (exact) mass is 274 g/mol. The van der Waals surface area contributed by atoms with E-state index in [1.807, 2.05) is 6.92 Å². The van der Waals surface area contributed by atoms with Crippen molar-refractivity contribution in [2.45, 2.75) is 52.1 Å². The van der Waals surface area contributed by atoms with E-state index in [4.69, 9.17) is 4.18 Å². The zero-order valence-corrected chi connectivity index (χ0v) is 11.0. The van der Waals surface area contributed by atoms with Crippen molar-refractivity contribution >= 4 is 40.0 Å². The van der Waals surface area contributed by atoms with Gasteiger partial charge in [-0.05, 0) is 12.8 Å². The molecule has 0 aliphatic rings. The van der Waals surface area contributed by atoms with Gasteiger partial charge in [0.2, 0.25) is 0 Å². The van der Waals surface area contributed by atoms with Gasteiger partial charge >= 0.3 is 40.0 Å². The number of hydrogen-bond acceptors (Lipinski definition) is 4. The summed E-state index contributed by atoms with van der Waals surface area (Å²) in [7, 11) is -3.86. The Morgan fingerprint density at radius 2 is 1.94 bits per heavy atom. The minimum absolute atomic E-state index is 0. The minimum atomic E-state index is -3.86. The maximum atomic E-state index is 11.3. The van der Waals surface area contributed by atoms with Crippen LogP contribution in [-0.4, -0.2) is 50.7 Å². The molecule has 0 saturated carbocycles. The van der Waals surface area contributed by atoms with Gasteiger partial charge in [-0.15, -0.1) is 6.58 Å². The molecule has 0 aliphatic carbocycles. The summed E-state index contributed by atoms with van der Waals surface area (Å²) in [6.07, 6.45) is 5.69. The fraction of sp³-hybridized carbons (Fsp3) is 0.818. The van der Waals surface area contributed by atoms with Gasteiger partial charge in [0.25, 0.3) is 0 Å². The average molecular weight is 274 g/mol. The van der Waals surface area contributed by atoms with Crippen LogP contribution in [-0.2, 0) is 18.8 Å². The Morgan fingerprint density at radius 1 is 1.29 bits per heavy atom. The van der Waals surface area contributed by atoms with Gasteiger partial charge in [-0.1, -0.05) is 39.2 Å². The molecular weight excluding hydrogens is 251 g/mol. The molecule has 0 bridgehead atoms. The molecule has 17 heavy (non-hydrogen) atoms. The molecule has 4 nitrogen and oxygen atoms in total. The van der Waals surface area contributed by atoms with E-state index in [-0.39, 0.29) is 42.3 Å². The maximum absolute atomic E-state index is 11.3. The van der Waals surface area contributed by atoms with Crippen molar-refractivity contribution in [2.75, 3.05) is 6.61 Å². The molecule has 98 valence electrons. The second-order valence-electron chi connectivity index (χ2n) is 3.60. The molecule has 0 aliphatic heterocycles. The molecule has 0 aromatic carbocycles. The van der Waals surface area contributed by atoms with Crippen LogP contribution in [0, 0.1) is 0 Å². The van der Waals surface area contributed by atoms with Gasteiger partial charge in [-0.3, -0.25) is 0 Å². The summed E-state index contributed by atoms with van der Waals surface area (Å²) < 4.78 is 32.1. The first-order chi connectivity index (χ1) is 7.55. The Labute approximate surface area is 127 Å². The molecule has 0 radical (unpaired) electrons. The molecule has 0 spiro atoms. The summed E-state index contributed by atoms with van der Waals surface area (Å²) in [6.45, 7) is 7.34. The van der Waals surface area contributed by atoms with Crippen molar-refractivity contribution in [1.82, 2.24) is 0 Å². The van der Waals surface area contributed by atoms with Crippen molar-refractivity contribution in [3.63, 3.8) is 0 Å². The molecule has 0 N–H and O–H groups in total. The van der Waals surface area contributed by atoms with E-state index in [2.05, 4.69) is 17.7 Å². The topological polar surface area (TPSA) is 52.6 Å². The summed E-state index contributed by atoms with van der Waals surface area (Å²) >= 11 is 0. The second-order valence-corrected chi connectivity index (χ2v) is 4.85. The van der Waals surface area contributed by atoms with E-state index in [9.17, 15) is 8.42 Å². The molecule has 1 atom stereocenters. The van der Waals surface area contributed by atoms with E-state index in [1.165, 1.54) is 6.08 Å². The van der Waals surface area contributed by atoms with E-state index in [0.717, 1.165) is 25.7 Å². The van der Waals surface area contributed by atoms with Crippen molar-refractivity contribution < 1.29 is 16.8 Å². The van der Waals surface area contributed by atoms with Gasteiger partial charge in [-0.2, -0.15) is 8.42 Å². The third kappa shape index (κ3) is 11.4. The van der Waals surface area contributed by atoms with Crippen LogP contribution in [0.4, 0.5) is 0 Å². The second kappa shape index (κ2) is 11.7. The van der Waals surface area contributed by atoms with Crippen LogP contribution in [0.2, 0.25) is 0 Å². The molecule has 0 aromatic heterocycles. The molecule has 0 rings (SSSR count). The predicted octanol–water partition coefficient (Wildman–Crippen LogP) is 2.16. The molecule has 0 fully saturated rings. The number of hydrogen-bond donors (Lipinski definition) is 0. The quantitative estimate of drug-likeness (QED) is 0.348. The van der Waals surface area contributed by atoms with Gasteiger partial charge in [-0.25, -0.2) is 8.37 Å². The predicted molar refractivity (Wildman–Crippen MR) is 71.5 cm³/mol. The van der Waals surface area contributed by atoms with Crippen LogP contribution in [0.15, 0.2) is 12.7 Å². The van der Waals surface area contributed by atoms with Crippen LogP contribution in [0.25, 0.3) is 0 Å². The Balaban J connectivity index is 0. The van der Waals surface area contributed by atoms with E-state index < -0.39 is 10.4 Å². The number of rotatable bonds is 10. The molecule has 0 aromatic rings. The SMILES string of the molecule is C=CCOS(=O)(=O)OC(CC)CCCCC.[NaH]. The van der Waals surface area contributed by atoms with Gasteiger partial charge in [0.15, 0.2) is 0 Å². The molecule has 0 saturated heterocycles. The summed E-state index contributed by atoms with van der Waals surface area (Å²) in [4.78, 5) is 0. The first-order valence-corrected chi connectivity index (χ1v) is 7.07. The van der Waals surface area contributed by atoms with Crippen LogP contribution in [0.1, 0.15) is 46.0 Å². The number of unbranched alkanes of at least 4 members (excludes halogenated alkanes) is 2. The third-order valence-electron chi connectivity index (χ3n) is 2.17. The fourth-order valence-corrected chi connectivity index (χ4v) is 2.15. The van der Waals surface area contributed by atoms with Crippen LogP contribution in [0.5, 0.6) is 0 Å². The first-order valence-electron chi connectivity index (χ1n) is 5.74. The molecule has 0 heterocycles. The standard InChI is InChI=1S/C11H22O4S.Na.H/c1-4-7-8-9-11(6-3)15-16(12,13)14-10-5-2;;/h5,11H,2,4,6-10H2,1,3H3;;. The fourth-order valence-electron chi connectivity index (χ4n) is 1.27. The molecule has 6 heteroatoms. The summed E-state index contributed by atoms with van der Waals surface area (Å²) in [5.41, 5.74) is 0. The summed E-state index contributed by atoms with van der Waals surface area (Å²) in [6, 6.07) is 0. The summed E-state index contributed by atoms with van der Waals surface area (Å²) in [5.74, 6) is 0. The molecule has 0 amide bonds. The van der Waals surface area contributed by atoms with Crippen LogP contribution < -0.4 is 0 Å². The van der Waals surface area contributed by atoms with Crippen molar-refractivity contribution in [2.24, 2.45) is 0 Å². The first kappa shape index (κ1) is 19.9. The zero-order valence-electron chi connectivity index (χ0n) is 10.1.